The number of nitrogens with zero attached hydrogens (tertiary/aromatic N) is 1. The molecule has 1 aromatic heterocycles. The SMILES string of the molecule is O=C(NCCO)c1ccc2cc(F)ccc2n1. The summed E-state index contributed by atoms with van der Waals surface area (Å²) < 4.78 is 12.9. The number of rotatable bonds is 3. The van der Waals surface area contributed by atoms with Crippen LogP contribution in [-0.2, 0) is 0 Å². The van der Waals surface area contributed by atoms with Gasteiger partial charge in [0.05, 0.1) is 12.1 Å². The average Bonchev–Trinajstić information content (AvgIpc) is 2.35. The molecule has 1 amide bonds. The fraction of sp³-hybridized carbons (Fsp3) is 0.167. The maximum atomic E-state index is 12.9. The van der Waals surface area contributed by atoms with E-state index in [9.17, 15) is 9.18 Å². The van der Waals surface area contributed by atoms with Crippen molar-refractivity contribution in [3.8, 4) is 0 Å². The fourth-order valence-corrected chi connectivity index (χ4v) is 1.48. The molecule has 1 aromatic carbocycles. The standard InChI is InChI=1S/C12H11FN2O2/c13-9-2-4-10-8(7-9)1-3-11(15-10)12(17)14-5-6-16/h1-4,7,16H,5-6H2,(H,14,17). The molecule has 0 saturated heterocycles. The molecule has 17 heavy (non-hydrogen) atoms. The highest BCUT2D eigenvalue weighted by molar-refractivity contribution is 5.94. The summed E-state index contributed by atoms with van der Waals surface area (Å²) in [5.41, 5.74) is 0.806. The van der Waals surface area contributed by atoms with Gasteiger partial charge in [0.15, 0.2) is 0 Å². The zero-order valence-corrected chi connectivity index (χ0v) is 8.98. The Labute approximate surface area is 97.1 Å². The van der Waals surface area contributed by atoms with Crippen LogP contribution in [0.5, 0.6) is 0 Å². The Morgan fingerprint density at radius 3 is 2.94 bits per heavy atom. The quantitative estimate of drug-likeness (QED) is 0.835. The number of pyridine rings is 1. The third kappa shape index (κ3) is 2.57. The zero-order chi connectivity index (χ0) is 12.3. The number of aromatic nitrogens is 1. The lowest BCUT2D eigenvalue weighted by molar-refractivity contribution is 0.0940. The van der Waals surface area contributed by atoms with Crippen molar-refractivity contribution in [3.63, 3.8) is 0 Å². The lowest BCUT2D eigenvalue weighted by atomic mass is 10.2. The first-order chi connectivity index (χ1) is 8.20. The number of carbonyl (C=O) groups is 1. The molecule has 0 radical (unpaired) electrons. The number of amides is 1. The monoisotopic (exact) mass is 234 g/mol. The van der Waals surface area contributed by atoms with E-state index in [4.69, 9.17) is 5.11 Å². The smallest absolute Gasteiger partial charge is 0.269 e. The number of aliphatic hydroxyl groups excluding tert-OH is 1. The Bertz CT molecular complexity index is 557. The van der Waals surface area contributed by atoms with Gasteiger partial charge >= 0.3 is 0 Å². The van der Waals surface area contributed by atoms with Crippen molar-refractivity contribution in [2.45, 2.75) is 0 Å². The maximum Gasteiger partial charge on any atom is 0.269 e. The van der Waals surface area contributed by atoms with Gasteiger partial charge in [-0.25, -0.2) is 9.37 Å². The lowest BCUT2D eigenvalue weighted by Gasteiger charge is -2.04. The van der Waals surface area contributed by atoms with Crippen molar-refractivity contribution < 1.29 is 14.3 Å². The Morgan fingerprint density at radius 2 is 2.18 bits per heavy atom. The molecule has 0 fully saturated rings. The van der Waals surface area contributed by atoms with Crippen molar-refractivity contribution in [1.29, 1.82) is 0 Å². The van der Waals surface area contributed by atoms with Crippen LogP contribution < -0.4 is 5.32 Å². The predicted octanol–water partition coefficient (Wildman–Crippen LogP) is 1.10. The number of carbonyl (C=O) groups excluding carboxylic acids is 1. The summed E-state index contributed by atoms with van der Waals surface area (Å²) in [6, 6.07) is 7.34. The van der Waals surface area contributed by atoms with Crippen LogP contribution in [0.25, 0.3) is 10.9 Å². The topological polar surface area (TPSA) is 62.2 Å². The van der Waals surface area contributed by atoms with E-state index >= 15 is 0 Å². The minimum absolute atomic E-state index is 0.121. The molecule has 0 saturated carbocycles. The van der Waals surface area contributed by atoms with E-state index in [0.29, 0.717) is 10.9 Å². The number of halogens is 1. The van der Waals surface area contributed by atoms with Crippen LogP contribution in [0.2, 0.25) is 0 Å². The Kier molecular flexibility index (Phi) is 3.30. The molecule has 0 unspecified atom stereocenters. The summed E-state index contributed by atoms with van der Waals surface area (Å²) in [4.78, 5) is 15.7. The highest BCUT2D eigenvalue weighted by atomic mass is 19.1. The van der Waals surface area contributed by atoms with Crippen molar-refractivity contribution in [2.75, 3.05) is 13.2 Å². The first kappa shape index (κ1) is 11.5. The van der Waals surface area contributed by atoms with Crippen LogP contribution in [-0.4, -0.2) is 29.1 Å². The Balaban J connectivity index is 2.31. The van der Waals surface area contributed by atoms with Crippen molar-refractivity contribution in [1.82, 2.24) is 10.3 Å². The molecule has 5 heteroatoms. The highest BCUT2D eigenvalue weighted by Crippen LogP contribution is 2.13. The van der Waals surface area contributed by atoms with Crippen LogP contribution >= 0.6 is 0 Å². The molecule has 2 aromatic rings. The van der Waals surface area contributed by atoms with Crippen LogP contribution in [0.4, 0.5) is 4.39 Å². The molecule has 0 aliphatic rings. The molecule has 0 aliphatic heterocycles. The summed E-state index contributed by atoms with van der Waals surface area (Å²) in [5, 5.41) is 11.7. The Hall–Kier alpha value is -2.01. The number of hydrogen-bond donors (Lipinski definition) is 2. The maximum absolute atomic E-state index is 12.9. The molecule has 2 N–H and O–H groups in total. The predicted molar refractivity (Wildman–Crippen MR) is 61.1 cm³/mol. The summed E-state index contributed by atoms with van der Waals surface area (Å²) in [7, 11) is 0. The van der Waals surface area contributed by atoms with Crippen LogP contribution in [0.1, 0.15) is 10.5 Å². The van der Waals surface area contributed by atoms with E-state index in [2.05, 4.69) is 10.3 Å². The van der Waals surface area contributed by atoms with Gasteiger partial charge in [0.1, 0.15) is 11.5 Å². The lowest BCUT2D eigenvalue weighted by Crippen LogP contribution is -2.27. The second kappa shape index (κ2) is 4.88. The molecule has 1 heterocycles. The third-order valence-electron chi connectivity index (χ3n) is 2.28. The first-order valence-corrected chi connectivity index (χ1v) is 5.16. The second-order valence-electron chi connectivity index (χ2n) is 3.51. The minimum atomic E-state index is -0.356. The third-order valence-corrected chi connectivity index (χ3v) is 2.28. The molecule has 4 nitrogen and oxygen atoms in total. The summed E-state index contributed by atoms with van der Waals surface area (Å²) >= 11 is 0. The van der Waals surface area contributed by atoms with E-state index in [0.717, 1.165) is 0 Å². The largest absolute Gasteiger partial charge is 0.395 e. The minimum Gasteiger partial charge on any atom is -0.395 e. The summed E-state index contributed by atoms with van der Waals surface area (Å²) in [5.74, 6) is -0.693. The Morgan fingerprint density at radius 1 is 1.35 bits per heavy atom. The normalized spacial score (nSPS) is 10.5. The molecular weight excluding hydrogens is 223 g/mol. The van der Waals surface area contributed by atoms with Gasteiger partial charge in [0.25, 0.3) is 5.91 Å². The number of hydrogen-bond acceptors (Lipinski definition) is 3. The molecule has 2 rings (SSSR count). The second-order valence-corrected chi connectivity index (χ2v) is 3.51. The van der Waals surface area contributed by atoms with E-state index in [1.54, 1.807) is 6.07 Å². The number of nitrogens with one attached hydrogen (secondary N) is 1. The number of aliphatic hydroxyl groups is 1. The molecular formula is C12H11FN2O2. The van der Waals surface area contributed by atoms with Crippen LogP contribution in [0, 0.1) is 5.82 Å². The molecule has 0 bridgehead atoms. The van der Waals surface area contributed by atoms with Crippen molar-refractivity contribution in [3.05, 3.63) is 41.8 Å². The van der Waals surface area contributed by atoms with Gasteiger partial charge in [-0.3, -0.25) is 4.79 Å². The molecule has 88 valence electrons. The van der Waals surface area contributed by atoms with E-state index in [1.807, 2.05) is 0 Å². The van der Waals surface area contributed by atoms with Crippen LogP contribution in [0.15, 0.2) is 30.3 Å². The highest BCUT2D eigenvalue weighted by Gasteiger charge is 2.07. The van der Waals surface area contributed by atoms with Crippen molar-refractivity contribution in [2.24, 2.45) is 0 Å². The van der Waals surface area contributed by atoms with Gasteiger partial charge in [-0.05, 0) is 24.3 Å². The van der Waals surface area contributed by atoms with E-state index < -0.39 is 0 Å². The summed E-state index contributed by atoms with van der Waals surface area (Å²) in [6.45, 7) is 0.0620. The van der Waals surface area contributed by atoms with E-state index in [1.165, 1.54) is 24.3 Å². The number of fused-ring (bicyclic) bond motifs is 1. The number of benzene rings is 1. The van der Waals surface area contributed by atoms with Crippen LogP contribution in [0.3, 0.4) is 0 Å². The first-order valence-electron chi connectivity index (χ1n) is 5.16. The van der Waals surface area contributed by atoms with Gasteiger partial charge in [0.2, 0.25) is 0 Å². The van der Waals surface area contributed by atoms with Crippen molar-refractivity contribution >= 4 is 16.8 Å². The van der Waals surface area contributed by atoms with Gasteiger partial charge in [-0.1, -0.05) is 6.07 Å². The van der Waals surface area contributed by atoms with Gasteiger partial charge in [0, 0.05) is 11.9 Å². The molecule has 0 atom stereocenters. The molecule has 0 spiro atoms. The fourth-order valence-electron chi connectivity index (χ4n) is 1.48. The molecule has 0 aliphatic carbocycles. The van der Waals surface area contributed by atoms with E-state index in [-0.39, 0.29) is 30.6 Å². The van der Waals surface area contributed by atoms with Gasteiger partial charge in [-0.15, -0.1) is 0 Å². The average molecular weight is 234 g/mol. The van der Waals surface area contributed by atoms with Gasteiger partial charge < -0.3 is 10.4 Å². The zero-order valence-electron chi connectivity index (χ0n) is 8.98. The summed E-state index contributed by atoms with van der Waals surface area (Å²) in [6.07, 6.45) is 0. The van der Waals surface area contributed by atoms with Gasteiger partial charge in [-0.2, -0.15) is 0 Å².